The first-order chi connectivity index (χ1) is 7.91. The van der Waals surface area contributed by atoms with Crippen LogP contribution in [-0.4, -0.2) is 12.6 Å². The van der Waals surface area contributed by atoms with Crippen LogP contribution < -0.4 is 0 Å². The van der Waals surface area contributed by atoms with E-state index in [1.54, 1.807) is 6.92 Å². The van der Waals surface area contributed by atoms with Crippen LogP contribution in [0.15, 0.2) is 42.5 Å². The van der Waals surface area contributed by atoms with Crippen LogP contribution in [0, 0.1) is 5.41 Å². The normalized spacial score (nSPS) is 11.0. The summed E-state index contributed by atoms with van der Waals surface area (Å²) in [4.78, 5) is 11.3. The Morgan fingerprint density at radius 1 is 1.29 bits per heavy atom. The molecule has 1 rings (SSSR count). The van der Waals surface area contributed by atoms with E-state index in [0.717, 1.165) is 6.42 Å². The van der Waals surface area contributed by atoms with Gasteiger partial charge in [-0.1, -0.05) is 50.8 Å². The highest BCUT2D eigenvalue weighted by Crippen LogP contribution is 2.22. The average molecular weight is 232 g/mol. The van der Waals surface area contributed by atoms with Gasteiger partial charge in [-0.2, -0.15) is 0 Å². The van der Waals surface area contributed by atoms with Crippen LogP contribution in [0.25, 0.3) is 0 Å². The van der Waals surface area contributed by atoms with Gasteiger partial charge in [-0.25, -0.2) is 4.79 Å². The molecule has 0 atom stereocenters. The Morgan fingerprint density at radius 3 is 2.41 bits per heavy atom. The highest BCUT2D eigenvalue weighted by Gasteiger charge is 2.21. The number of carbonyl (C=O) groups is 1. The molecule has 1 aromatic rings. The molecule has 2 nitrogen and oxygen atoms in total. The fourth-order valence-corrected chi connectivity index (χ4v) is 1.58. The Morgan fingerprint density at radius 2 is 1.88 bits per heavy atom. The predicted molar refractivity (Wildman–Crippen MR) is 69.7 cm³/mol. The molecule has 2 heteroatoms. The van der Waals surface area contributed by atoms with Crippen molar-refractivity contribution >= 4 is 5.97 Å². The van der Waals surface area contributed by atoms with Crippen molar-refractivity contribution in [1.29, 1.82) is 0 Å². The minimum atomic E-state index is -0.314. The monoisotopic (exact) mass is 232 g/mol. The van der Waals surface area contributed by atoms with Crippen molar-refractivity contribution in [3.63, 3.8) is 0 Å². The van der Waals surface area contributed by atoms with Gasteiger partial charge in [0, 0.05) is 11.0 Å². The second-order valence-corrected chi connectivity index (χ2v) is 5.18. The van der Waals surface area contributed by atoms with Gasteiger partial charge < -0.3 is 4.74 Å². The lowest BCUT2D eigenvalue weighted by molar-refractivity contribution is -0.141. The number of hydrogen-bond acceptors (Lipinski definition) is 2. The molecular weight excluding hydrogens is 212 g/mol. The summed E-state index contributed by atoms with van der Waals surface area (Å²) in [5.74, 6) is -0.314. The summed E-state index contributed by atoms with van der Waals surface area (Å²) in [6.07, 6.45) is 0.886. The molecule has 0 saturated carbocycles. The van der Waals surface area contributed by atoms with E-state index in [2.05, 4.69) is 32.6 Å². The molecule has 17 heavy (non-hydrogen) atoms. The standard InChI is InChI=1S/C15H20O2/c1-12(2)14(16)17-11-15(3,4)10-13-8-6-5-7-9-13/h5-9H,1,10-11H2,2-4H3. The third kappa shape index (κ3) is 4.85. The van der Waals surface area contributed by atoms with E-state index < -0.39 is 0 Å². The van der Waals surface area contributed by atoms with E-state index in [-0.39, 0.29) is 11.4 Å². The molecule has 0 aromatic heterocycles. The second kappa shape index (κ2) is 5.67. The minimum absolute atomic E-state index is 0.0630. The highest BCUT2D eigenvalue weighted by molar-refractivity contribution is 5.86. The zero-order chi connectivity index (χ0) is 12.9. The van der Waals surface area contributed by atoms with Crippen LogP contribution in [0.4, 0.5) is 0 Å². The van der Waals surface area contributed by atoms with Crippen molar-refractivity contribution < 1.29 is 9.53 Å². The predicted octanol–water partition coefficient (Wildman–Crippen LogP) is 3.37. The van der Waals surface area contributed by atoms with Crippen LogP contribution in [0.1, 0.15) is 26.3 Å². The van der Waals surface area contributed by atoms with Gasteiger partial charge >= 0.3 is 5.97 Å². The quantitative estimate of drug-likeness (QED) is 0.574. The Balaban J connectivity index is 2.52. The molecule has 0 amide bonds. The summed E-state index contributed by atoms with van der Waals surface area (Å²) in [6, 6.07) is 10.2. The van der Waals surface area contributed by atoms with Crippen LogP contribution in [0.5, 0.6) is 0 Å². The lowest BCUT2D eigenvalue weighted by Gasteiger charge is -2.24. The van der Waals surface area contributed by atoms with Crippen LogP contribution in [0.3, 0.4) is 0 Å². The first-order valence-electron chi connectivity index (χ1n) is 5.77. The largest absolute Gasteiger partial charge is 0.462 e. The summed E-state index contributed by atoms with van der Waals surface area (Å²) < 4.78 is 5.20. The van der Waals surface area contributed by atoms with Gasteiger partial charge in [-0.3, -0.25) is 0 Å². The molecule has 0 unspecified atom stereocenters. The number of esters is 1. The summed E-state index contributed by atoms with van der Waals surface area (Å²) in [5.41, 5.74) is 1.64. The number of rotatable bonds is 5. The van der Waals surface area contributed by atoms with E-state index in [4.69, 9.17) is 4.74 Å². The molecule has 0 spiro atoms. The van der Waals surface area contributed by atoms with E-state index in [0.29, 0.717) is 12.2 Å². The summed E-state index contributed by atoms with van der Waals surface area (Å²) in [7, 11) is 0. The number of carbonyl (C=O) groups excluding carboxylic acids is 1. The first kappa shape index (κ1) is 13.5. The Bertz CT molecular complexity index is 391. The fourth-order valence-electron chi connectivity index (χ4n) is 1.58. The molecule has 92 valence electrons. The summed E-state index contributed by atoms with van der Waals surface area (Å²) >= 11 is 0. The molecule has 1 aromatic carbocycles. The zero-order valence-corrected chi connectivity index (χ0v) is 10.8. The molecule has 0 heterocycles. The van der Waals surface area contributed by atoms with E-state index >= 15 is 0 Å². The van der Waals surface area contributed by atoms with Crippen molar-refractivity contribution in [2.45, 2.75) is 27.2 Å². The fraction of sp³-hybridized carbons (Fsp3) is 0.400. The molecule has 0 radical (unpaired) electrons. The number of benzene rings is 1. The summed E-state index contributed by atoms with van der Waals surface area (Å²) in [6.45, 7) is 9.81. The minimum Gasteiger partial charge on any atom is -0.462 e. The lowest BCUT2D eigenvalue weighted by atomic mass is 9.87. The van der Waals surface area contributed by atoms with Crippen LogP contribution in [0.2, 0.25) is 0 Å². The van der Waals surface area contributed by atoms with Gasteiger partial charge in [0.25, 0.3) is 0 Å². The highest BCUT2D eigenvalue weighted by atomic mass is 16.5. The SMILES string of the molecule is C=C(C)C(=O)OCC(C)(C)Cc1ccccc1. The van der Waals surface area contributed by atoms with Crippen LogP contribution >= 0.6 is 0 Å². The maximum atomic E-state index is 11.3. The van der Waals surface area contributed by atoms with Crippen molar-refractivity contribution in [2.24, 2.45) is 5.41 Å². The maximum absolute atomic E-state index is 11.3. The molecule has 0 aliphatic heterocycles. The third-order valence-electron chi connectivity index (χ3n) is 2.47. The Labute approximate surface area is 103 Å². The van der Waals surface area contributed by atoms with E-state index in [9.17, 15) is 4.79 Å². The topological polar surface area (TPSA) is 26.3 Å². The number of hydrogen-bond donors (Lipinski definition) is 0. The van der Waals surface area contributed by atoms with Crippen molar-refractivity contribution in [2.75, 3.05) is 6.61 Å². The third-order valence-corrected chi connectivity index (χ3v) is 2.47. The van der Waals surface area contributed by atoms with Crippen molar-refractivity contribution in [1.82, 2.24) is 0 Å². The second-order valence-electron chi connectivity index (χ2n) is 5.18. The first-order valence-corrected chi connectivity index (χ1v) is 5.77. The molecule has 0 saturated heterocycles. The van der Waals surface area contributed by atoms with Gasteiger partial charge in [-0.05, 0) is 18.9 Å². The molecule has 0 N–H and O–H groups in total. The lowest BCUT2D eigenvalue weighted by Crippen LogP contribution is -2.24. The van der Waals surface area contributed by atoms with Crippen molar-refractivity contribution in [3.05, 3.63) is 48.0 Å². The van der Waals surface area contributed by atoms with Crippen molar-refractivity contribution in [3.8, 4) is 0 Å². The van der Waals surface area contributed by atoms with Gasteiger partial charge in [0.2, 0.25) is 0 Å². The van der Waals surface area contributed by atoms with Gasteiger partial charge in [0.15, 0.2) is 0 Å². The van der Waals surface area contributed by atoms with Gasteiger partial charge in [-0.15, -0.1) is 0 Å². The molecule has 0 aliphatic rings. The maximum Gasteiger partial charge on any atom is 0.333 e. The van der Waals surface area contributed by atoms with Gasteiger partial charge in [0.1, 0.15) is 0 Å². The van der Waals surface area contributed by atoms with Gasteiger partial charge in [0.05, 0.1) is 6.61 Å². The zero-order valence-electron chi connectivity index (χ0n) is 10.8. The van der Waals surface area contributed by atoms with E-state index in [1.165, 1.54) is 5.56 Å². The average Bonchev–Trinajstić information content (AvgIpc) is 2.26. The smallest absolute Gasteiger partial charge is 0.333 e. The molecular formula is C15H20O2. The molecule has 0 fully saturated rings. The Kier molecular flexibility index (Phi) is 4.50. The molecule has 0 aliphatic carbocycles. The summed E-state index contributed by atoms with van der Waals surface area (Å²) in [5, 5.41) is 0. The number of ether oxygens (including phenoxy) is 1. The van der Waals surface area contributed by atoms with E-state index in [1.807, 2.05) is 18.2 Å². The van der Waals surface area contributed by atoms with Crippen LogP contribution in [-0.2, 0) is 16.0 Å². The molecule has 0 bridgehead atoms. The Hall–Kier alpha value is -1.57.